The van der Waals surface area contributed by atoms with Gasteiger partial charge >= 0.3 is 0 Å². The van der Waals surface area contributed by atoms with Crippen LogP contribution >= 0.6 is 0 Å². The lowest BCUT2D eigenvalue weighted by Crippen LogP contribution is -2.43. The number of hydrogen-bond acceptors (Lipinski definition) is 4. The minimum atomic E-state index is -0.562. The van der Waals surface area contributed by atoms with Gasteiger partial charge in [0, 0.05) is 13.7 Å². The zero-order valence-electron chi connectivity index (χ0n) is 11.1. The summed E-state index contributed by atoms with van der Waals surface area (Å²) in [4.78, 5) is 0. The number of unbranched alkanes of at least 4 members (excludes halogenated alkanes) is 1. The summed E-state index contributed by atoms with van der Waals surface area (Å²) in [5, 5.41) is 12.9. The standard InChI is InChI=1S/C14H23NO3/c1-12(16)14(15-10-6-7-11-17-2)18-13-8-4-3-5-9-13/h3-5,8-9,12,14-16H,6-7,10-11H2,1-2H3. The summed E-state index contributed by atoms with van der Waals surface area (Å²) in [5.41, 5.74) is 0. The molecule has 0 aliphatic carbocycles. The molecule has 0 radical (unpaired) electrons. The first-order valence-electron chi connectivity index (χ1n) is 6.36. The molecular weight excluding hydrogens is 230 g/mol. The number of methoxy groups -OCH3 is 1. The van der Waals surface area contributed by atoms with Gasteiger partial charge in [-0.05, 0) is 38.4 Å². The van der Waals surface area contributed by atoms with Gasteiger partial charge in [-0.3, -0.25) is 5.32 Å². The quantitative estimate of drug-likeness (QED) is 0.520. The molecule has 0 aliphatic heterocycles. The largest absolute Gasteiger partial charge is 0.473 e. The maximum absolute atomic E-state index is 9.66. The summed E-state index contributed by atoms with van der Waals surface area (Å²) >= 11 is 0. The summed E-state index contributed by atoms with van der Waals surface area (Å²) in [6, 6.07) is 9.51. The van der Waals surface area contributed by atoms with Gasteiger partial charge in [-0.2, -0.15) is 0 Å². The molecule has 4 nitrogen and oxygen atoms in total. The molecule has 0 amide bonds. The van der Waals surface area contributed by atoms with Crippen LogP contribution in [0.3, 0.4) is 0 Å². The molecule has 0 aromatic heterocycles. The van der Waals surface area contributed by atoms with Crippen LogP contribution in [0, 0.1) is 0 Å². The predicted molar refractivity (Wildman–Crippen MR) is 71.7 cm³/mol. The average Bonchev–Trinajstić information content (AvgIpc) is 2.38. The number of para-hydroxylation sites is 1. The highest BCUT2D eigenvalue weighted by Gasteiger charge is 2.15. The van der Waals surface area contributed by atoms with Crippen molar-refractivity contribution in [3.63, 3.8) is 0 Å². The molecule has 1 aromatic carbocycles. The van der Waals surface area contributed by atoms with Crippen LogP contribution in [-0.4, -0.2) is 37.7 Å². The first-order chi connectivity index (χ1) is 8.74. The van der Waals surface area contributed by atoms with E-state index in [0.29, 0.717) is 0 Å². The highest BCUT2D eigenvalue weighted by atomic mass is 16.5. The van der Waals surface area contributed by atoms with Gasteiger partial charge < -0.3 is 14.6 Å². The molecule has 2 atom stereocenters. The van der Waals surface area contributed by atoms with Gasteiger partial charge in [-0.25, -0.2) is 0 Å². The first-order valence-corrected chi connectivity index (χ1v) is 6.36. The Morgan fingerprint density at radius 3 is 2.56 bits per heavy atom. The van der Waals surface area contributed by atoms with Crippen LogP contribution in [0.5, 0.6) is 5.75 Å². The lowest BCUT2D eigenvalue weighted by atomic mass is 10.3. The minimum absolute atomic E-state index is 0.380. The molecule has 0 aliphatic rings. The number of ether oxygens (including phenoxy) is 2. The molecule has 1 aromatic rings. The van der Waals surface area contributed by atoms with E-state index in [1.807, 2.05) is 30.3 Å². The normalized spacial score (nSPS) is 14.2. The van der Waals surface area contributed by atoms with Crippen molar-refractivity contribution in [2.24, 2.45) is 0 Å². The summed E-state index contributed by atoms with van der Waals surface area (Å²) < 4.78 is 10.7. The Bertz CT molecular complexity index is 303. The van der Waals surface area contributed by atoms with Crippen molar-refractivity contribution < 1.29 is 14.6 Å². The molecule has 0 saturated heterocycles. The summed E-state index contributed by atoms with van der Waals surface area (Å²) in [5.74, 6) is 0.757. The summed E-state index contributed by atoms with van der Waals surface area (Å²) in [6.45, 7) is 3.28. The topological polar surface area (TPSA) is 50.7 Å². The van der Waals surface area contributed by atoms with Crippen molar-refractivity contribution in [2.45, 2.75) is 32.1 Å². The lowest BCUT2D eigenvalue weighted by molar-refractivity contribution is 0.0266. The molecule has 1 rings (SSSR count). The van der Waals surface area contributed by atoms with Crippen LogP contribution in [0.1, 0.15) is 19.8 Å². The predicted octanol–water partition coefficient (Wildman–Crippen LogP) is 1.79. The third-order valence-electron chi connectivity index (χ3n) is 2.57. The Morgan fingerprint density at radius 2 is 1.94 bits per heavy atom. The molecule has 0 saturated carbocycles. The molecular formula is C14H23NO3. The zero-order chi connectivity index (χ0) is 13.2. The molecule has 2 N–H and O–H groups in total. The van der Waals surface area contributed by atoms with Crippen molar-refractivity contribution >= 4 is 0 Å². The molecule has 2 unspecified atom stereocenters. The Kier molecular flexibility index (Phi) is 7.41. The number of rotatable bonds is 9. The van der Waals surface area contributed by atoms with E-state index in [1.54, 1.807) is 14.0 Å². The molecule has 4 heteroatoms. The second-order valence-electron chi connectivity index (χ2n) is 4.25. The van der Waals surface area contributed by atoms with Gasteiger partial charge in [0.05, 0.1) is 0 Å². The lowest BCUT2D eigenvalue weighted by Gasteiger charge is -2.23. The molecule has 0 fully saturated rings. The van der Waals surface area contributed by atoms with Crippen molar-refractivity contribution in [1.82, 2.24) is 5.32 Å². The molecule has 0 heterocycles. The van der Waals surface area contributed by atoms with Crippen molar-refractivity contribution in [2.75, 3.05) is 20.3 Å². The fourth-order valence-electron chi connectivity index (χ4n) is 1.57. The molecule has 0 spiro atoms. The van der Waals surface area contributed by atoms with Crippen LogP contribution in [0.25, 0.3) is 0 Å². The number of nitrogens with one attached hydrogen (secondary N) is 1. The molecule has 0 bridgehead atoms. The fourth-order valence-corrected chi connectivity index (χ4v) is 1.57. The van der Waals surface area contributed by atoms with Gasteiger partial charge in [-0.15, -0.1) is 0 Å². The second-order valence-corrected chi connectivity index (χ2v) is 4.25. The van der Waals surface area contributed by atoms with Crippen LogP contribution in [0.2, 0.25) is 0 Å². The number of hydrogen-bond donors (Lipinski definition) is 2. The van der Waals surface area contributed by atoms with E-state index in [0.717, 1.165) is 31.7 Å². The minimum Gasteiger partial charge on any atom is -0.473 e. The number of benzene rings is 1. The van der Waals surface area contributed by atoms with E-state index in [9.17, 15) is 5.11 Å². The van der Waals surface area contributed by atoms with Crippen LogP contribution in [0.15, 0.2) is 30.3 Å². The Morgan fingerprint density at radius 1 is 1.22 bits per heavy atom. The van der Waals surface area contributed by atoms with E-state index in [4.69, 9.17) is 9.47 Å². The maximum Gasteiger partial charge on any atom is 0.176 e. The average molecular weight is 253 g/mol. The molecule has 18 heavy (non-hydrogen) atoms. The Balaban J connectivity index is 2.32. The number of aliphatic hydroxyl groups is 1. The fraction of sp³-hybridized carbons (Fsp3) is 0.571. The van der Waals surface area contributed by atoms with Crippen LogP contribution in [-0.2, 0) is 4.74 Å². The van der Waals surface area contributed by atoms with E-state index < -0.39 is 6.10 Å². The zero-order valence-corrected chi connectivity index (χ0v) is 11.1. The van der Waals surface area contributed by atoms with Crippen LogP contribution < -0.4 is 10.1 Å². The first kappa shape index (κ1) is 15.0. The van der Waals surface area contributed by atoms with Gasteiger partial charge in [0.25, 0.3) is 0 Å². The monoisotopic (exact) mass is 253 g/mol. The maximum atomic E-state index is 9.66. The number of aliphatic hydroxyl groups excluding tert-OH is 1. The summed E-state index contributed by atoms with van der Waals surface area (Å²) in [7, 11) is 1.70. The van der Waals surface area contributed by atoms with Gasteiger partial charge in [-0.1, -0.05) is 18.2 Å². The van der Waals surface area contributed by atoms with Crippen molar-refractivity contribution in [3.05, 3.63) is 30.3 Å². The van der Waals surface area contributed by atoms with Gasteiger partial charge in [0.15, 0.2) is 6.23 Å². The van der Waals surface area contributed by atoms with Crippen molar-refractivity contribution in [1.29, 1.82) is 0 Å². The second kappa shape index (κ2) is 8.91. The van der Waals surface area contributed by atoms with Crippen molar-refractivity contribution in [3.8, 4) is 5.75 Å². The SMILES string of the molecule is COCCCCNC(Oc1ccccc1)C(C)O. The van der Waals surface area contributed by atoms with E-state index >= 15 is 0 Å². The van der Waals surface area contributed by atoms with E-state index in [2.05, 4.69) is 5.32 Å². The third-order valence-corrected chi connectivity index (χ3v) is 2.57. The Hall–Kier alpha value is -1.10. The van der Waals surface area contributed by atoms with Crippen LogP contribution in [0.4, 0.5) is 0 Å². The highest BCUT2D eigenvalue weighted by molar-refractivity contribution is 5.21. The van der Waals surface area contributed by atoms with E-state index in [-0.39, 0.29) is 6.23 Å². The Labute approximate surface area is 109 Å². The third kappa shape index (κ3) is 6.00. The summed E-state index contributed by atoms with van der Waals surface area (Å²) in [6.07, 6.45) is 1.05. The highest BCUT2D eigenvalue weighted by Crippen LogP contribution is 2.11. The van der Waals surface area contributed by atoms with Gasteiger partial charge in [0.2, 0.25) is 0 Å². The van der Waals surface area contributed by atoms with E-state index in [1.165, 1.54) is 0 Å². The molecule has 102 valence electrons. The van der Waals surface area contributed by atoms with Gasteiger partial charge in [0.1, 0.15) is 11.9 Å². The smallest absolute Gasteiger partial charge is 0.176 e.